The van der Waals surface area contributed by atoms with Crippen LogP contribution < -0.4 is 5.73 Å². The summed E-state index contributed by atoms with van der Waals surface area (Å²) in [7, 11) is 0. The van der Waals surface area contributed by atoms with Gasteiger partial charge < -0.3 is 5.73 Å². The van der Waals surface area contributed by atoms with Crippen LogP contribution in [0.2, 0.25) is 0 Å². The average molecular weight is 184 g/mol. The van der Waals surface area contributed by atoms with Crippen LogP contribution >= 0.6 is 23.6 Å². The third-order valence-corrected chi connectivity index (χ3v) is 1.87. The van der Waals surface area contributed by atoms with Gasteiger partial charge in [0.1, 0.15) is 10.8 Å². The summed E-state index contributed by atoms with van der Waals surface area (Å²) in [4.78, 5) is 4.52. The molecule has 0 radical (unpaired) electrons. The smallest absolute Gasteiger partial charge is 0.132 e. The molecule has 1 heterocycles. The van der Waals surface area contributed by atoms with Crippen LogP contribution in [-0.2, 0) is 0 Å². The van der Waals surface area contributed by atoms with E-state index < -0.39 is 0 Å². The van der Waals surface area contributed by atoms with Gasteiger partial charge in [0.25, 0.3) is 0 Å². The second kappa shape index (κ2) is 3.59. The van der Waals surface area contributed by atoms with Gasteiger partial charge in [-0.15, -0.1) is 0 Å². The highest BCUT2D eigenvalue weighted by Crippen LogP contribution is 2.05. The second-order valence-corrected chi connectivity index (χ2v) is 3.40. The molecule has 0 saturated heterocycles. The normalized spacial score (nSPS) is 11.5. The minimum atomic E-state index is 0.499. The molecule has 0 atom stereocenters. The molecule has 0 fully saturated rings. The van der Waals surface area contributed by atoms with E-state index in [9.17, 15) is 0 Å². The summed E-state index contributed by atoms with van der Waals surface area (Å²) in [5.41, 5.74) is 6.55. The van der Waals surface area contributed by atoms with Crippen molar-refractivity contribution in [2.75, 3.05) is 0 Å². The fraction of sp³-hybridized carbons (Fsp3) is 0.143. The summed E-state index contributed by atoms with van der Waals surface area (Å²) in [6.45, 7) is 1.74. The third kappa shape index (κ3) is 2.40. The van der Waals surface area contributed by atoms with Gasteiger partial charge in [-0.25, -0.2) is 4.99 Å². The highest BCUT2D eigenvalue weighted by molar-refractivity contribution is 7.80. The number of rotatable bonds is 1. The fourth-order valence-electron chi connectivity index (χ4n) is 0.644. The summed E-state index contributed by atoms with van der Waals surface area (Å²) in [6.07, 6.45) is 0. The largest absolute Gasteiger partial charge is 0.383 e. The first-order chi connectivity index (χ1) is 5.20. The number of amidine groups is 1. The topological polar surface area (TPSA) is 38.4 Å². The Balaban J connectivity index is 2.86. The van der Waals surface area contributed by atoms with Crippen molar-refractivity contribution in [3.63, 3.8) is 0 Å². The molecule has 2 N–H and O–H groups in total. The molecule has 0 aliphatic carbocycles. The predicted molar refractivity (Wildman–Crippen MR) is 53.3 cm³/mol. The standard InChI is InChI=1S/C7H8N2S2/c1-5(10)9-7(8)6-2-3-11-4-6/h2-4H,1H3,(H2,8,9,10). The van der Waals surface area contributed by atoms with Crippen LogP contribution in [0.15, 0.2) is 21.8 Å². The van der Waals surface area contributed by atoms with Crippen LogP contribution in [0.4, 0.5) is 0 Å². The lowest BCUT2D eigenvalue weighted by molar-refractivity contribution is 1.56. The Hall–Kier alpha value is -0.740. The van der Waals surface area contributed by atoms with Gasteiger partial charge in [-0.3, -0.25) is 0 Å². The van der Waals surface area contributed by atoms with Crippen molar-refractivity contribution in [3.05, 3.63) is 22.4 Å². The molecule has 0 unspecified atom stereocenters. The van der Waals surface area contributed by atoms with Crippen LogP contribution in [0.3, 0.4) is 0 Å². The molecule has 1 rings (SSSR count). The number of nitrogens with zero attached hydrogens (tertiary/aromatic N) is 1. The Morgan fingerprint density at radius 1 is 1.73 bits per heavy atom. The van der Waals surface area contributed by atoms with Crippen molar-refractivity contribution < 1.29 is 0 Å². The maximum Gasteiger partial charge on any atom is 0.132 e. The van der Waals surface area contributed by atoms with Crippen molar-refractivity contribution in [2.24, 2.45) is 10.7 Å². The maximum atomic E-state index is 5.61. The molecule has 0 aliphatic heterocycles. The van der Waals surface area contributed by atoms with Crippen molar-refractivity contribution in [3.8, 4) is 0 Å². The van der Waals surface area contributed by atoms with Crippen molar-refractivity contribution in [2.45, 2.75) is 6.92 Å². The quantitative estimate of drug-likeness (QED) is 0.410. The number of thiophene rings is 1. The SMILES string of the molecule is CC(=S)N=C(N)c1ccsc1. The monoisotopic (exact) mass is 184 g/mol. The molecule has 2 nitrogen and oxygen atoms in total. The highest BCUT2D eigenvalue weighted by atomic mass is 32.1. The van der Waals surface area contributed by atoms with Crippen LogP contribution in [0, 0.1) is 0 Å². The fourth-order valence-corrected chi connectivity index (χ4v) is 1.39. The van der Waals surface area contributed by atoms with E-state index in [-0.39, 0.29) is 0 Å². The number of hydrogen-bond donors (Lipinski definition) is 1. The van der Waals surface area contributed by atoms with Crippen molar-refractivity contribution in [1.29, 1.82) is 0 Å². The van der Waals surface area contributed by atoms with Gasteiger partial charge in [0.05, 0.1) is 0 Å². The minimum absolute atomic E-state index is 0.499. The zero-order valence-electron chi connectivity index (χ0n) is 6.07. The van der Waals surface area contributed by atoms with Crippen molar-refractivity contribution >= 4 is 34.4 Å². The number of aliphatic imine (C=N–C) groups is 1. The Morgan fingerprint density at radius 3 is 2.91 bits per heavy atom. The minimum Gasteiger partial charge on any atom is -0.383 e. The zero-order chi connectivity index (χ0) is 8.27. The van der Waals surface area contributed by atoms with Gasteiger partial charge in [-0.05, 0) is 18.4 Å². The molecule has 0 aromatic carbocycles. The van der Waals surface area contributed by atoms with Crippen LogP contribution in [0.1, 0.15) is 12.5 Å². The molecule has 0 aliphatic rings. The summed E-state index contributed by atoms with van der Waals surface area (Å²) in [5.74, 6) is 0.499. The lowest BCUT2D eigenvalue weighted by atomic mass is 10.3. The molecule has 4 heteroatoms. The van der Waals surface area contributed by atoms with Gasteiger partial charge in [0.2, 0.25) is 0 Å². The van der Waals surface area contributed by atoms with E-state index in [0.29, 0.717) is 10.8 Å². The summed E-state index contributed by atoms with van der Waals surface area (Å²) in [6, 6.07) is 1.92. The first-order valence-electron chi connectivity index (χ1n) is 3.07. The predicted octanol–water partition coefficient (Wildman–Crippen LogP) is 1.80. The molecule has 0 bridgehead atoms. The molecule has 11 heavy (non-hydrogen) atoms. The third-order valence-electron chi connectivity index (χ3n) is 1.09. The average Bonchev–Trinajstić information content (AvgIpc) is 2.35. The van der Waals surface area contributed by atoms with Crippen molar-refractivity contribution in [1.82, 2.24) is 0 Å². The zero-order valence-corrected chi connectivity index (χ0v) is 7.71. The molecular weight excluding hydrogens is 176 g/mol. The van der Waals surface area contributed by atoms with Gasteiger partial charge in [0.15, 0.2) is 0 Å². The van der Waals surface area contributed by atoms with E-state index in [4.69, 9.17) is 18.0 Å². The first kappa shape index (κ1) is 8.36. The van der Waals surface area contributed by atoms with Gasteiger partial charge in [-0.2, -0.15) is 11.3 Å². The maximum absolute atomic E-state index is 5.61. The number of nitrogens with two attached hydrogens (primary N) is 1. The number of hydrogen-bond acceptors (Lipinski definition) is 2. The molecule has 0 spiro atoms. The lowest BCUT2D eigenvalue weighted by Gasteiger charge is -1.93. The second-order valence-electron chi connectivity index (χ2n) is 2.03. The van der Waals surface area contributed by atoms with E-state index in [1.54, 1.807) is 18.3 Å². The Kier molecular flexibility index (Phi) is 2.73. The first-order valence-corrected chi connectivity index (χ1v) is 4.42. The number of thiocarbonyl (C=S) groups is 1. The summed E-state index contributed by atoms with van der Waals surface area (Å²) in [5, 5.41) is 3.90. The van der Waals surface area contributed by atoms with Gasteiger partial charge >= 0.3 is 0 Å². The molecule has 0 saturated carbocycles. The van der Waals surface area contributed by atoms with E-state index in [2.05, 4.69) is 4.99 Å². The highest BCUT2D eigenvalue weighted by Gasteiger charge is 1.96. The lowest BCUT2D eigenvalue weighted by Crippen LogP contribution is -2.13. The summed E-state index contributed by atoms with van der Waals surface area (Å²) < 4.78 is 0. The van der Waals surface area contributed by atoms with Gasteiger partial charge in [0, 0.05) is 10.9 Å². The van der Waals surface area contributed by atoms with Crippen LogP contribution in [0.5, 0.6) is 0 Å². The van der Waals surface area contributed by atoms with E-state index in [0.717, 1.165) is 5.56 Å². The van der Waals surface area contributed by atoms with Crippen LogP contribution in [0.25, 0.3) is 0 Å². The van der Waals surface area contributed by atoms with E-state index >= 15 is 0 Å². The molecule has 58 valence electrons. The summed E-state index contributed by atoms with van der Waals surface area (Å²) >= 11 is 6.37. The van der Waals surface area contributed by atoms with E-state index in [1.165, 1.54) is 0 Å². The van der Waals surface area contributed by atoms with Crippen LogP contribution in [-0.4, -0.2) is 10.8 Å². The Bertz CT molecular complexity index is 275. The Morgan fingerprint density at radius 2 is 2.45 bits per heavy atom. The molecule has 0 amide bonds. The molecule has 1 aromatic heterocycles. The van der Waals surface area contributed by atoms with E-state index in [1.807, 2.05) is 16.8 Å². The molecule has 1 aromatic rings. The Labute approximate surface area is 74.8 Å². The van der Waals surface area contributed by atoms with Gasteiger partial charge in [-0.1, -0.05) is 12.2 Å². The molecular formula is C7H8N2S2.